The number of amides is 2. The molecule has 2 aromatic rings. The molecule has 0 saturated heterocycles. The van der Waals surface area contributed by atoms with Crippen molar-refractivity contribution in [1.82, 2.24) is 25.5 Å². The Morgan fingerprint density at radius 1 is 1.12 bits per heavy atom. The molecule has 1 aliphatic carbocycles. The van der Waals surface area contributed by atoms with Gasteiger partial charge < -0.3 is 10.6 Å². The Kier molecular flexibility index (Phi) is 5.37. The summed E-state index contributed by atoms with van der Waals surface area (Å²) in [6.07, 6.45) is 6.46. The fraction of sp³-hybridized carbons (Fsp3) is 0.471. The second-order valence-electron chi connectivity index (χ2n) is 6.30. The lowest BCUT2D eigenvalue weighted by Gasteiger charge is -2.16. The normalized spacial score (nSPS) is 15.4. The molecule has 1 aromatic heterocycles. The van der Waals surface area contributed by atoms with Gasteiger partial charge in [-0.2, -0.15) is 4.68 Å². The first kappa shape index (κ1) is 17.1. The minimum atomic E-state index is -0.658. The van der Waals surface area contributed by atoms with Gasteiger partial charge in [0.2, 0.25) is 0 Å². The largest absolute Gasteiger partial charge is 0.345 e. The van der Waals surface area contributed by atoms with Crippen LogP contribution < -0.4 is 10.6 Å². The Labute approximate surface area is 146 Å². The SMILES string of the molecule is Cc1nnnn1-c1cccc(NC(=O)C(=O)NC2CCCCCC2)c1. The molecule has 0 bridgehead atoms. The van der Waals surface area contributed by atoms with Crippen LogP contribution in [0, 0.1) is 6.92 Å². The van der Waals surface area contributed by atoms with Crippen LogP contribution >= 0.6 is 0 Å². The highest BCUT2D eigenvalue weighted by Crippen LogP contribution is 2.17. The monoisotopic (exact) mass is 342 g/mol. The highest BCUT2D eigenvalue weighted by molar-refractivity contribution is 6.39. The fourth-order valence-electron chi connectivity index (χ4n) is 3.05. The number of carbonyl (C=O) groups excluding carboxylic acids is 2. The van der Waals surface area contributed by atoms with Crippen molar-refractivity contribution in [3.05, 3.63) is 30.1 Å². The minimum Gasteiger partial charge on any atom is -0.345 e. The van der Waals surface area contributed by atoms with Crippen LogP contribution in [0.4, 0.5) is 5.69 Å². The minimum absolute atomic E-state index is 0.0935. The molecule has 1 fully saturated rings. The van der Waals surface area contributed by atoms with E-state index in [1.807, 2.05) is 6.07 Å². The van der Waals surface area contributed by atoms with Crippen LogP contribution in [0.2, 0.25) is 0 Å². The maximum atomic E-state index is 12.2. The predicted octanol–water partition coefficient (Wildman–Crippen LogP) is 1.75. The quantitative estimate of drug-likeness (QED) is 0.653. The smallest absolute Gasteiger partial charge is 0.313 e. The second kappa shape index (κ2) is 7.87. The van der Waals surface area contributed by atoms with E-state index in [1.165, 1.54) is 12.8 Å². The molecule has 0 aliphatic heterocycles. The van der Waals surface area contributed by atoms with Gasteiger partial charge in [0, 0.05) is 11.7 Å². The first-order valence-corrected chi connectivity index (χ1v) is 8.61. The molecule has 25 heavy (non-hydrogen) atoms. The van der Waals surface area contributed by atoms with Crippen LogP contribution in [0.5, 0.6) is 0 Å². The zero-order valence-corrected chi connectivity index (χ0v) is 14.2. The van der Waals surface area contributed by atoms with Gasteiger partial charge in [-0.15, -0.1) is 5.10 Å². The van der Waals surface area contributed by atoms with Gasteiger partial charge in [0.25, 0.3) is 0 Å². The zero-order chi connectivity index (χ0) is 17.6. The van der Waals surface area contributed by atoms with Crippen LogP contribution in [-0.4, -0.2) is 38.1 Å². The number of nitrogens with zero attached hydrogens (tertiary/aromatic N) is 4. The van der Waals surface area contributed by atoms with Crippen LogP contribution in [0.15, 0.2) is 24.3 Å². The van der Waals surface area contributed by atoms with Gasteiger partial charge in [-0.1, -0.05) is 31.7 Å². The Hall–Kier alpha value is -2.77. The van der Waals surface area contributed by atoms with E-state index < -0.39 is 11.8 Å². The van der Waals surface area contributed by atoms with Crippen LogP contribution in [0.3, 0.4) is 0 Å². The van der Waals surface area contributed by atoms with Crippen molar-refractivity contribution in [2.24, 2.45) is 0 Å². The lowest BCUT2D eigenvalue weighted by molar-refractivity contribution is -0.136. The molecule has 2 amide bonds. The molecule has 1 aromatic carbocycles. The highest BCUT2D eigenvalue weighted by Gasteiger charge is 2.20. The molecule has 8 heteroatoms. The van der Waals surface area contributed by atoms with Gasteiger partial charge in [0.15, 0.2) is 5.82 Å². The number of hydrogen-bond acceptors (Lipinski definition) is 5. The number of aromatic nitrogens is 4. The maximum Gasteiger partial charge on any atom is 0.313 e. The molecule has 1 heterocycles. The number of hydrogen-bond donors (Lipinski definition) is 2. The molecule has 1 aliphatic rings. The van der Waals surface area contributed by atoms with Crippen molar-refractivity contribution < 1.29 is 9.59 Å². The lowest BCUT2D eigenvalue weighted by atomic mass is 10.1. The summed E-state index contributed by atoms with van der Waals surface area (Å²) in [4.78, 5) is 24.3. The summed E-state index contributed by atoms with van der Waals surface area (Å²) in [7, 11) is 0. The van der Waals surface area contributed by atoms with Crippen molar-refractivity contribution in [3.8, 4) is 5.69 Å². The number of rotatable bonds is 3. The van der Waals surface area contributed by atoms with Gasteiger partial charge >= 0.3 is 11.8 Å². The third-order valence-electron chi connectivity index (χ3n) is 4.37. The zero-order valence-electron chi connectivity index (χ0n) is 14.2. The van der Waals surface area contributed by atoms with Crippen molar-refractivity contribution in [2.45, 2.75) is 51.5 Å². The van der Waals surface area contributed by atoms with Crippen LogP contribution in [0.25, 0.3) is 5.69 Å². The number of benzene rings is 1. The average Bonchev–Trinajstić information content (AvgIpc) is 2.87. The fourth-order valence-corrected chi connectivity index (χ4v) is 3.05. The van der Waals surface area contributed by atoms with E-state index in [4.69, 9.17) is 0 Å². The highest BCUT2D eigenvalue weighted by atomic mass is 16.2. The number of carbonyl (C=O) groups is 2. The van der Waals surface area contributed by atoms with Crippen LogP contribution in [-0.2, 0) is 9.59 Å². The Morgan fingerprint density at radius 3 is 2.56 bits per heavy atom. The van der Waals surface area contributed by atoms with Gasteiger partial charge in [-0.3, -0.25) is 9.59 Å². The molecule has 2 N–H and O–H groups in total. The van der Waals surface area contributed by atoms with E-state index in [-0.39, 0.29) is 6.04 Å². The molecule has 0 unspecified atom stereocenters. The van der Waals surface area contributed by atoms with Crippen molar-refractivity contribution in [1.29, 1.82) is 0 Å². The third kappa shape index (κ3) is 4.40. The first-order valence-electron chi connectivity index (χ1n) is 8.61. The summed E-state index contributed by atoms with van der Waals surface area (Å²) in [6, 6.07) is 7.14. The Morgan fingerprint density at radius 2 is 1.88 bits per heavy atom. The summed E-state index contributed by atoms with van der Waals surface area (Å²) in [5.74, 6) is -0.611. The van der Waals surface area contributed by atoms with Crippen LogP contribution in [0.1, 0.15) is 44.3 Å². The standard InChI is InChI=1S/C17H22N6O2/c1-12-20-21-22-23(12)15-10-6-9-14(11-15)19-17(25)16(24)18-13-7-4-2-3-5-8-13/h6,9-11,13H,2-5,7-8H2,1H3,(H,18,24)(H,19,25). The summed E-state index contributed by atoms with van der Waals surface area (Å²) >= 11 is 0. The number of anilines is 1. The topological polar surface area (TPSA) is 102 Å². The van der Waals surface area contributed by atoms with Crippen molar-refractivity contribution in [2.75, 3.05) is 5.32 Å². The molecule has 3 rings (SSSR count). The van der Waals surface area contributed by atoms with Crippen molar-refractivity contribution in [3.63, 3.8) is 0 Å². The van der Waals surface area contributed by atoms with E-state index in [0.717, 1.165) is 25.7 Å². The third-order valence-corrected chi connectivity index (χ3v) is 4.37. The lowest BCUT2D eigenvalue weighted by Crippen LogP contribution is -2.41. The van der Waals surface area contributed by atoms with Gasteiger partial charge in [-0.25, -0.2) is 0 Å². The molecule has 0 spiro atoms. The Bertz CT molecular complexity index is 749. The molecule has 0 radical (unpaired) electrons. The van der Waals surface area contributed by atoms with E-state index in [2.05, 4.69) is 26.2 Å². The van der Waals surface area contributed by atoms with Crippen molar-refractivity contribution >= 4 is 17.5 Å². The Balaban J connectivity index is 1.62. The summed E-state index contributed by atoms with van der Waals surface area (Å²) < 4.78 is 1.56. The molecule has 1 saturated carbocycles. The van der Waals surface area contributed by atoms with E-state index in [1.54, 1.807) is 29.8 Å². The van der Waals surface area contributed by atoms with Gasteiger partial charge in [-0.05, 0) is 48.4 Å². The number of nitrogens with one attached hydrogen (secondary N) is 2. The molecular formula is C17H22N6O2. The first-order chi connectivity index (χ1) is 12.1. The van der Waals surface area contributed by atoms with E-state index in [0.29, 0.717) is 17.2 Å². The number of aryl methyl sites for hydroxylation is 1. The number of tetrazole rings is 1. The molecule has 0 atom stereocenters. The molecular weight excluding hydrogens is 320 g/mol. The summed E-state index contributed by atoms with van der Waals surface area (Å²) in [5, 5.41) is 16.8. The molecule has 132 valence electrons. The summed E-state index contributed by atoms with van der Waals surface area (Å²) in [5.41, 5.74) is 1.23. The van der Waals surface area contributed by atoms with Gasteiger partial charge in [0.1, 0.15) is 0 Å². The second-order valence-corrected chi connectivity index (χ2v) is 6.30. The van der Waals surface area contributed by atoms with E-state index >= 15 is 0 Å². The van der Waals surface area contributed by atoms with E-state index in [9.17, 15) is 9.59 Å². The molecule has 8 nitrogen and oxygen atoms in total. The predicted molar refractivity (Wildman–Crippen MR) is 92.2 cm³/mol. The van der Waals surface area contributed by atoms with Gasteiger partial charge in [0.05, 0.1) is 5.69 Å². The summed E-state index contributed by atoms with van der Waals surface area (Å²) in [6.45, 7) is 1.78. The maximum absolute atomic E-state index is 12.2. The average molecular weight is 342 g/mol.